The molecule has 1 aliphatic heterocycles. The SMILES string of the molecule is CSCCC(N)C(=O)NC(Cc1c[nH]c2ccccc12)C(=O)NC(Cc1cnc[nH]1)C(=O)N1CCCC1C(=O)O. The molecule has 1 fully saturated rings. The van der Waals surface area contributed by atoms with Gasteiger partial charge in [-0.25, -0.2) is 9.78 Å². The number of hydrogen-bond donors (Lipinski definition) is 6. The minimum absolute atomic E-state index is 0.0778. The predicted octanol–water partition coefficient (Wildman–Crippen LogP) is 0.802. The van der Waals surface area contributed by atoms with Gasteiger partial charge in [-0.15, -0.1) is 0 Å². The van der Waals surface area contributed by atoms with Crippen LogP contribution in [0.3, 0.4) is 0 Å². The number of carbonyl (C=O) groups excluding carboxylic acids is 3. The first-order chi connectivity index (χ1) is 19.3. The Balaban J connectivity index is 1.58. The third-order valence-electron chi connectivity index (χ3n) is 7.12. The molecule has 1 aromatic carbocycles. The van der Waals surface area contributed by atoms with Crippen molar-refractivity contribution in [3.05, 3.63) is 54.2 Å². The number of carboxylic acids is 1. The molecule has 0 radical (unpaired) electrons. The summed E-state index contributed by atoms with van der Waals surface area (Å²) in [5.74, 6) is -1.92. The zero-order chi connectivity index (χ0) is 28.6. The van der Waals surface area contributed by atoms with E-state index in [4.69, 9.17) is 5.73 Å². The summed E-state index contributed by atoms with van der Waals surface area (Å²) in [6.45, 7) is 0.283. The summed E-state index contributed by atoms with van der Waals surface area (Å²) in [5, 5.41) is 16.1. The molecule has 0 saturated carbocycles. The lowest BCUT2D eigenvalue weighted by Gasteiger charge is -2.29. The van der Waals surface area contributed by atoms with E-state index in [0.717, 1.165) is 16.5 Å². The summed E-state index contributed by atoms with van der Waals surface area (Å²) >= 11 is 1.57. The Morgan fingerprint density at radius 1 is 1.15 bits per heavy atom. The summed E-state index contributed by atoms with van der Waals surface area (Å²) < 4.78 is 0. The van der Waals surface area contributed by atoms with Gasteiger partial charge < -0.3 is 36.3 Å². The van der Waals surface area contributed by atoms with Crippen molar-refractivity contribution < 1.29 is 24.3 Å². The topological polar surface area (TPSA) is 186 Å². The van der Waals surface area contributed by atoms with Crippen LogP contribution in [0, 0.1) is 0 Å². The van der Waals surface area contributed by atoms with Gasteiger partial charge in [-0.3, -0.25) is 14.4 Å². The average Bonchev–Trinajstić information content (AvgIpc) is 3.72. The largest absolute Gasteiger partial charge is 0.480 e. The standard InChI is InChI=1S/C27H35N7O5S/c1-40-10-8-19(28)24(35)32-21(11-16-13-30-20-6-3-2-5-18(16)20)25(36)33-22(12-17-14-29-15-31-17)26(37)34-9-4-7-23(34)27(38)39/h2-3,5-6,13-15,19,21-23,30H,4,7-12,28H2,1H3,(H,29,31)(H,32,35)(H,33,36)(H,38,39). The van der Waals surface area contributed by atoms with Crippen LogP contribution in [0.2, 0.25) is 0 Å². The van der Waals surface area contributed by atoms with E-state index in [2.05, 4.69) is 25.6 Å². The number of aromatic nitrogens is 3. The number of benzene rings is 1. The molecule has 4 rings (SSSR count). The number of aliphatic carboxylic acids is 1. The smallest absolute Gasteiger partial charge is 0.326 e. The van der Waals surface area contributed by atoms with Gasteiger partial charge in [0.1, 0.15) is 18.1 Å². The second kappa shape index (κ2) is 13.5. The van der Waals surface area contributed by atoms with E-state index >= 15 is 0 Å². The molecule has 0 aliphatic carbocycles. The Bertz CT molecular complexity index is 1330. The molecule has 2 aromatic heterocycles. The molecule has 4 atom stereocenters. The number of likely N-dealkylation sites (tertiary alicyclic amines) is 1. The summed E-state index contributed by atoms with van der Waals surface area (Å²) in [5.41, 5.74) is 8.39. The maximum atomic E-state index is 13.8. The maximum absolute atomic E-state index is 13.8. The number of amides is 3. The number of carboxylic acid groups (broad SMARTS) is 1. The van der Waals surface area contributed by atoms with E-state index in [-0.39, 0.29) is 19.4 Å². The van der Waals surface area contributed by atoms with Crippen LogP contribution in [-0.4, -0.2) is 91.4 Å². The molecule has 3 aromatic rings. The van der Waals surface area contributed by atoms with Gasteiger partial charge in [0.25, 0.3) is 0 Å². The van der Waals surface area contributed by atoms with Crippen LogP contribution in [0.25, 0.3) is 10.9 Å². The molecule has 40 heavy (non-hydrogen) atoms. The summed E-state index contributed by atoms with van der Waals surface area (Å²) in [6.07, 6.45) is 8.30. The summed E-state index contributed by atoms with van der Waals surface area (Å²) in [7, 11) is 0. The van der Waals surface area contributed by atoms with Gasteiger partial charge in [0, 0.05) is 48.4 Å². The van der Waals surface area contributed by atoms with Crippen LogP contribution in [0.1, 0.15) is 30.5 Å². The van der Waals surface area contributed by atoms with Crippen LogP contribution in [0.15, 0.2) is 43.0 Å². The van der Waals surface area contributed by atoms with Crippen LogP contribution >= 0.6 is 11.8 Å². The molecule has 12 nitrogen and oxygen atoms in total. The Hall–Kier alpha value is -3.84. The van der Waals surface area contributed by atoms with E-state index in [1.165, 1.54) is 11.2 Å². The number of hydrogen-bond acceptors (Lipinski definition) is 7. The first-order valence-electron chi connectivity index (χ1n) is 13.2. The number of H-pyrrole nitrogens is 2. The van der Waals surface area contributed by atoms with E-state index in [0.29, 0.717) is 30.7 Å². The first-order valence-corrected chi connectivity index (χ1v) is 14.6. The summed E-state index contributed by atoms with van der Waals surface area (Å²) in [6, 6.07) is 3.77. The fourth-order valence-electron chi connectivity index (χ4n) is 4.96. The van der Waals surface area contributed by atoms with Crippen molar-refractivity contribution in [2.45, 2.75) is 56.3 Å². The Kier molecular flexibility index (Phi) is 9.83. The van der Waals surface area contributed by atoms with E-state index in [9.17, 15) is 24.3 Å². The average molecular weight is 570 g/mol. The van der Waals surface area contributed by atoms with Crippen molar-refractivity contribution in [3.63, 3.8) is 0 Å². The van der Waals surface area contributed by atoms with Crippen molar-refractivity contribution in [1.29, 1.82) is 0 Å². The number of nitrogens with two attached hydrogens (primary N) is 1. The number of fused-ring (bicyclic) bond motifs is 1. The second-order valence-corrected chi connectivity index (χ2v) is 10.9. The van der Waals surface area contributed by atoms with Gasteiger partial charge in [-0.2, -0.15) is 11.8 Å². The highest BCUT2D eigenvalue weighted by molar-refractivity contribution is 7.98. The number of carbonyl (C=O) groups is 4. The third-order valence-corrected chi connectivity index (χ3v) is 7.76. The Labute approximate surface area is 235 Å². The molecule has 3 amide bonds. The number of nitrogens with one attached hydrogen (secondary N) is 4. The lowest BCUT2D eigenvalue weighted by Crippen LogP contribution is -2.58. The minimum Gasteiger partial charge on any atom is -0.480 e. The quantitative estimate of drug-likeness (QED) is 0.174. The molecule has 4 unspecified atom stereocenters. The van der Waals surface area contributed by atoms with E-state index < -0.39 is 47.9 Å². The molecular formula is C27H35N7O5S. The second-order valence-electron chi connectivity index (χ2n) is 9.88. The van der Waals surface area contributed by atoms with Gasteiger partial charge in [0.15, 0.2) is 0 Å². The molecule has 0 bridgehead atoms. The monoisotopic (exact) mass is 569 g/mol. The van der Waals surface area contributed by atoms with Crippen molar-refractivity contribution in [1.82, 2.24) is 30.5 Å². The van der Waals surface area contributed by atoms with Crippen molar-refractivity contribution in [2.24, 2.45) is 5.73 Å². The predicted molar refractivity (Wildman–Crippen MR) is 152 cm³/mol. The van der Waals surface area contributed by atoms with Crippen molar-refractivity contribution in [2.75, 3.05) is 18.6 Å². The van der Waals surface area contributed by atoms with E-state index in [1.807, 2.05) is 30.5 Å². The van der Waals surface area contributed by atoms with Crippen LogP contribution in [-0.2, 0) is 32.0 Å². The molecule has 7 N–H and O–H groups in total. The van der Waals surface area contributed by atoms with Gasteiger partial charge in [-0.1, -0.05) is 18.2 Å². The highest BCUT2D eigenvalue weighted by atomic mass is 32.2. The van der Waals surface area contributed by atoms with Gasteiger partial charge in [-0.05, 0) is 42.9 Å². The fraction of sp³-hybridized carbons (Fsp3) is 0.444. The van der Waals surface area contributed by atoms with Gasteiger partial charge >= 0.3 is 5.97 Å². The zero-order valence-corrected chi connectivity index (χ0v) is 23.1. The number of imidazole rings is 1. The zero-order valence-electron chi connectivity index (χ0n) is 22.3. The number of aromatic amines is 2. The molecule has 1 saturated heterocycles. The fourth-order valence-corrected chi connectivity index (χ4v) is 5.45. The molecule has 0 spiro atoms. The Morgan fingerprint density at radius 3 is 2.65 bits per heavy atom. The maximum Gasteiger partial charge on any atom is 0.326 e. The van der Waals surface area contributed by atoms with Crippen LogP contribution < -0.4 is 16.4 Å². The molecular weight excluding hydrogens is 534 g/mol. The van der Waals surface area contributed by atoms with Gasteiger partial charge in [0.05, 0.1) is 12.4 Å². The van der Waals surface area contributed by atoms with Gasteiger partial charge in [0.2, 0.25) is 17.7 Å². The number of thioether (sulfide) groups is 1. The van der Waals surface area contributed by atoms with Crippen LogP contribution in [0.4, 0.5) is 0 Å². The number of nitrogens with zero attached hydrogens (tertiary/aromatic N) is 2. The normalized spacial score (nSPS) is 17.4. The lowest BCUT2D eigenvalue weighted by atomic mass is 10.0. The third kappa shape index (κ3) is 7.02. The first kappa shape index (κ1) is 29.2. The van der Waals surface area contributed by atoms with Crippen LogP contribution in [0.5, 0.6) is 0 Å². The van der Waals surface area contributed by atoms with E-state index in [1.54, 1.807) is 24.2 Å². The molecule has 13 heteroatoms. The molecule has 3 heterocycles. The van der Waals surface area contributed by atoms with Crippen molar-refractivity contribution >= 4 is 46.4 Å². The minimum atomic E-state index is -1.08. The summed E-state index contributed by atoms with van der Waals surface area (Å²) in [4.78, 5) is 63.5. The highest BCUT2D eigenvalue weighted by Crippen LogP contribution is 2.21. The molecule has 1 aliphatic rings. The molecule has 214 valence electrons. The number of para-hydroxylation sites is 1. The number of rotatable bonds is 13. The highest BCUT2D eigenvalue weighted by Gasteiger charge is 2.38. The Morgan fingerprint density at radius 2 is 1.93 bits per heavy atom. The lowest BCUT2D eigenvalue weighted by molar-refractivity contribution is -0.149. The van der Waals surface area contributed by atoms with Crippen molar-refractivity contribution in [3.8, 4) is 0 Å².